The third kappa shape index (κ3) is 5.86. The van der Waals surface area contributed by atoms with Crippen LogP contribution in [0.3, 0.4) is 0 Å². The molecule has 45 heavy (non-hydrogen) atoms. The maximum absolute atomic E-state index is 14.8. The van der Waals surface area contributed by atoms with Crippen LogP contribution in [0.4, 0.5) is 18.0 Å². The number of urea groups is 1. The molecule has 5 rings (SSSR count). The second kappa shape index (κ2) is 12.2. The molecule has 3 aromatic rings. The number of alkyl halides is 3. The fourth-order valence-corrected chi connectivity index (χ4v) is 6.47. The Morgan fingerprint density at radius 3 is 2.02 bits per heavy atom. The number of nitrogens with zero attached hydrogens (tertiary/aromatic N) is 3. The zero-order valence-corrected chi connectivity index (χ0v) is 26.5. The molecular formula is C33H33Cl2F3N4O3. The summed E-state index contributed by atoms with van der Waals surface area (Å²) >= 11 is 12.5. The molecule has 0 unspecified atom stereocenters. The maximum Gasteiger partial charge on any atom is 0.416 e. The first kappa shape index (κ1) is 32.6. The van der Waals surface area contributed by atoms with E-state index in [9.17, 15) is 22.8 Å². The van der Waals surface area contributed by atoms with Crippen LogP contribution in [0.25, 0.3) is 0 Å². The first-order valence-corrected chi connectivity index (χ1v) is 15.3. The van der Waals surface area contributed by atoms with Gasteiger partial charge in [-0.3, -0.25) is 14.7 Å². The Hall–Kier alpha value is -3.76. The molecule has 2 heterocycles. The Bertz CT molecular complexity index is 1620. The van der Waals surface area contributed by atoms with Crippen LogP contribution in [0.5, 0.6) is 5.75 Å². The number of hydrogen-bond donors (Lipinski definition) is 1. The number of ether oxygens (including phenoxy) is 1. The largest absolute Gasteiger partial charge is 0.493 e. The van der Waals surface area contributed by atoms with Gasteiger partial charge in [-0.2, -0.15) is 13.2 Å². The summed E-state index contributed by atoms with van der Waals surface area (Å²) in [6.45, 7) is 6.02. The topological polar surface area (TPSA) is 88.2 Å². The van der Waals surface area contributed by atoms with Crippen molar-refractivity contribution in [1.82, 2.24) is 9.80 Å². The van der Waals surface area contributed by atoms with Crippen LogP contribution < -0.4 is 10.5 Å². The monoisotopic (exact) mass is 660 g/mol. The van der Waals surface area contributed by atoms with Gasteiger partial charge in [-0.25, -0.2) is 4.79 Å². The highest BCUT2D eigenvalue weighted by atomic mass is 35.5. The molecule has 0 saturated carbocycles. The predicted octanol–water partition coefficient (Wildman–Crippen LogP) is 7.62. The molecule has 0 aromatic heterocycles. The molecule has 1 fully saturated rings. The standard InChI is InChI=1S/C33H33Cl2F3N4O3/c1-4-45-27-19-23(33(36,37)38)9-14-26(27)29-40-31(2,21-5-10-24(34)11-6-21)32(3,22-7-12-25(35)13-8-22)42(29)30(44)41-17-15-20(16-18-41)28(39)43/h5-14,19-20H,4,15-18H2,1-3H3,(H2,39,43)/t31-,32+/m0/s1. The van der Waals surface area contributed by atoms with Crippen molar-refractivity contribution in [2.24, 2.45) is 16.6 Å². The summed E-state index contributed by atoms with van der Waals surface area (Å²) in [7, 11) is 0. The van der Waals surface area contributed by atoms with Crippen LogP contribution in [0.1, 0.15) is 55.9 Å². The Labute approximate surface area is 269 Å². The van der Waals surface area contributed by atoms with E-state index in [1.54, 1.807) is 41.0 Å². The molecule has 0 spiro atoms. The number of carbonyl (C=O) groups is 2. The van der Waals surface area contributed by atoms with E-state index in [0.717, 1.165) is 17.7 Å². The molecule has 0 radical (unpaired) electrons. The van der Waals surface area contributed by atoms with Crippen LogP contribution in [0, 0.1) is 5.92 Å². The second-order valence-electron chi connectivity index (χ2n) is 11.5. The minimum absolute atomic E-state index is 0.0601. The number of aliphatic imine (C=N–C) groups is 1. The van der Waals surface area contributed by atoms with Crippen LogP contribution in [0.2, 0.25) is 10.0 Å². The van der Waals surface area contributed by atoms with E-state index in [0.29, 0.717) is 28.5 Å². The Balaban J connectivity index is 1.76. The minimum Gasteiger partial charge on any atom is -0.493 e. The summed E-state index contributed by atoms with van der Waals surface area (Å²) in [5.41, 5.74) is 3.89. The number of carbonyl (C=O) groups excluding carboxylic acids is 2. The Morgan fingerprint density at radius 2 is 1.51 bits per heavy atom. The number of likely N-dealkylation sites (tertiary alicyclic amines) is 1. The quantitative estimate of drug-likeness (QED) is 0.295. The summed E-state index contributed by atoms with van der Waals surface area (Å²) in [6, 6.07) is 16.9. The van der Waals surface area contributed by atoms with Gasteiger partial charge < -0.3 is 15.4 Å². The number of amidine groups is 1. The molecule has 3 aromatic carbocycles. The summed E-state index contributed by atoms with van der Waals surface area (Å²) in [4.78, 5) is 35.0. The van der Waals surface area contributed by atoms with Crippen molar-refractivity contribution >= 4 is 41.0 Å². The summed E-state index contributed by atoms with van der Waals surface area (Å²) in [5, 5.41) is 0.992. The van der Waals surface area contributed by atoms with Crippen molar-refractivity contribution in [2.75, 3.05) is 19.7 Å². The lowest BCUT2D eigenvalue weighted by atomic mass is 9.71. The molecule has 2 atom stereocenters. The van der Waals surface area contributed by atoms with E-state index in [1.807, 2.05) is 38.1 Å². The number of rotatable bonds is 6. The third-order valence-corrected chi connectivity index (χ3v) is 9.46. The van der Waals surface area contributed by atoms with Gasteiger partial charge in [0.15, 0.2) is 0 Å². The van der Waals surface area contributed by atoms with Crippen LogP contribution >= 0.6 is 23.2 Å². The lowest BCUT2D eigenvalue weighted by Gasteiger charge is -2.47. The molecule has 1 saturated heterocycles. The van der Waals surface area contributed by atoms with Gasteiger partial charge in [0, 0.05) is 29.1 Å². The zero-order valence-electron chi connectivity index (χ0n) is 25.0. The number of nitrogens with two attached hydrogens (primary N) is 1. The predicted molar refractivity (Wildman–Crippen MR) is 167 cm³/mol. The average molecular weight is 662 g/mol. The summed E-state index contributed by atoms with van der Waals surface area (Å²) in [6.07, 6.45) is -3.84. The van der Waals surface area contributed by atoms with Crippen molar-refractivity contribution in [3.05, 3.63) is 99.0 Å². The minimum atomic E-state index is -4.61. The van der Waals surface area contributed by atoms with Crippen LogP contribution in [-0.2, 0) is 22.0 Å². The number of amides is 3. The van der Waals surface area contributed by atoms with Crippen molar-refractivity contribution in [3.8, 4) is 5.75 Å². The SMILES string of the molecule is CCOc1cc(C(F)(F)F)ccc1C1=N[C@@](C)(c2ccc(Cl)cc2)[C@@](C)(c2ccc(Cl)cc2)N1C(=O)N1CCC(C(N)=O)CC1. The van der Waals surface area contributed by atoms with E-state index in [4.69, 9.17) is 38.7 Å². The van der Waals surface area contributed by atoms with E-state index < -0.39 is 34.8 Å². The number of benzene rings is 3. The van der Waals surface area contributed by atoms with Crippen molar-refractivity contribution < 1.29 is 27.5 Å². The van der Waals surface area contributed by atoms with Gasteiger partial charge in [0.2, 0.25) is 5.91 Å². The molecule has 2 aliphatic heterocycles. The van der Waals surface area contributed by atoms with Gasteiger partial charge in [0.1, 0.15) is 22.7 Å². The molecule has 2 aliphatic rings. The van der Waals surface area contributed by atoms with E-state index >= 15 is 0 Å². The molecule has 3 amide bonds. The second-order valence-corrected chi connectivity index (χ2v) is 12.4. The van der Waals surface area contributed by atoms with Gasteiger partial charge >= 0.3 is 12.2 Å². The third-order valence-electron chi connectivity index (χ3n) is 8.96. The van der Waals surface area contributed by atoms with Gasteiger partial charge in [-0.15, -0.1) is 0 Å². The van der Waals surface area contributed by atoms with E-state index in [1.165, 1.54) is 6.07 Å². The van der Waals surface area contributed by atoms with Gasteiger partial charge in [0.05, 0.1) is 17.7 Å². The Kier molecular flexibility index (Phi) is 8.85. The smallest absolute Gasteiger partial charge is 0.416 e. The van der Waals surface area contributed by atoms with E-state index in [-0.39, 0.29) is 42.8 Å². The highest BCUT2D eigenvalue weighted by Gasteiger charge is 2.60. The van der Waals surface area contributed by atoms with Gasteiger partial charge in [-0.1, -0.05) is 47.5 Å². The number of hydrogen-bond acceptors (Lipinski definition) is 4. The van der Waals surface area contributed by atoms with E-state index in [2.05, 4.69) is 0 Å². The van der Waals surface area contributed by atoms with Crippen LogP contribution in [0.15, 0.2) is 71.7 Å². The lowest BCUT2D eigenvalue weighted by Crippen LogP contribution is -2.59. The van der Waals surface area contributed by atoms with Crippen LogP contribution in [-0.4, -0.2) is 47.3 Å². The molecule has 238 valence electrons. The molecule has 0 bridgehead atoms. The zero-order chi connectivity index (χ0) is 32.7. The van der Waals surface area contributed by atoms with Crippen molar-refractivity contribution in [1.29, 1.82) is 0 Å². The highest BCUT2D eigenvalue weighted by Crippen LogP contribution is 2.54. The maximum atomic E-state index is 14.8. The highest BCUT2D eigenvalue weighted by molar-refractivity contribution is 6.30. The number of primary amides is 1. The average Bonchev–Trinajstić information content (AvgIpc) is 3.25. The molecule has 12 heteroatoms. The van der Waals surface area contributed by atoms with Crippen molar-refractivity contribution in [3.63, 3.8) is 0 Å². The summed E-state index contributed by atoms with van der Waals surface area (Å²) in [5.74, 6) is -0.695. The first-order chi connectivity index (χ1) is 21.2. The first-order valence-electron chi connectivity index (χ1n) is 14.6. The Morgan fingerprint density at radius 1 is 0.956 bits per heavy atom. The van der Waals surface area contributed by atoms with Gasteiger partial charge in [-0.05, 0) is 87.2 Å². The molecule has 2 N–H and O–H groups in total. The number of halogens is 5. The molecular weight excluding hydrogens is 628 g/mol. The van der Waals surface area contributed by atoms with Crippen molar-refractivity contribution in [2.45, 2.75) is 50.9 Å². The molecule has 7 nitrogen and oxygen atoms in total. The lowest BCUT2D eigenvalue weighted by molar-refractivity contribution is -0.137. The fourth-order valence-electron chi connectivity index (χ4n) is 6.22. The normalized spacial score (nSPS) is 22.4. The fraction of sp³-hybridized carbons (Fsp3) is 0.364. The van der Waals surface area contributed by atoms with Gasteiger partial charge in [0.25, 0.3) is 0 Å². The number of piperidine rings is 1. The molecule has 0 aliphatic carbocycles. The summed E-state index contributed by atoms with van der Waals surface area (Å²) < 4.78 is 47.1.